The standard InChI is InChI=1S/C20H13F6NO/c21-19(22,23)15-9-13(10-16(11-15)20(24,25)26)12-28-17-7-4-8-27-18(17)14-5-2-1-3-6-14/h1-11H,12H2. The van der Waals surface area contributed by atoms with Crippen LogP contribution in [0.1, 0.15) is 16.7 Å². The first-order chi connectivity index (χ1) is 13.1. The van der Waals surface area contributed by atoms with E-state index in [0.29, 0.717) is 23.4 Å². The lowest BCUT2D eigenvalue weighted by Gasteiger charge is -2.15. The molecule has 28 heavy (non-hydrogen) atoms. The predicted octanol–water partition coefficient (Wildman–Crippen LogP) is 6.37. The van der Waals surface area contributed by atoms with Gasteiger partial charge in [-0.05, 0) is 35.9 Å². The van der Waals surface area contributed by atoms with Crippen LogP contribution in [0, 0.1) is 0 Å². The number of hydrogen-bond donors (Lipinski definition) is 0. The summed E-state index contributed by atoms with van der Waals surface area (Å²) in [6.45, 7) is -0.474. The molecule has 0 bridgehead atoms. The number of ether oxygens (including phenoxy) is 1. The first-order valence-electron chi connectivity index (χ1n) is 8.06. The Bertz CT molecular complexity index is 919. The Morgan fingerprint density at radius 3 is 1.93 bits per heavy atom. The number of alkyl halides is 6. The Balaban J connectivity index is 1.92. The molecule has 0 saturated heterocycles. The van der Waals surface area contributed by atoms with Gasteiger partial charge in [-0.2, -0.15) is 26.3 Å². The van der Waals surface area contributed by atoms with Crippen LogP contribution in [-0.4, -0.2) is 4.98 Å². The van der Waals surface area contributed by atoms with Gasteiger partial charge in [0.1, 0.15) is 18.1 Å². The second kappa shape index (κ2) is 7.53. The van der Waals surface area contributed by atoms with E-state index in [1.807, 2.05) is 0 Å². The minimum absolute atomic E-state index is 0.0863. The molecule has 8 heteroatoms. The molecule has 0 N–H and O–H groups in total. The van der Waals surface area contributed by atoms with Gasteiger partial charge < -0.3 is 4.74 Å². The van der Waals surface area contributed by atoms with Crippen LogP contribution >= 0.6 is 0 Å². The smallest absolute Gasteiger partial charge is 0.416 e. The van der Waals surface area contributed by atoms with Crippen molar-refractivity contribution < 1.29 is 31.1 Å². The van der Waals surface area contributed by atoms with Gasteiger partial charge in [0.2, 0.25) is 0 Å². The Morgan fingerprint density at radius 2 is 1.36 bits per heavy atom. The quantitative estimate of drug-likeness (QED) is 0.478. The number of hydrogen-bond acceptors (Lipinski definition) is 2. The zero-order valence-corrected chi connectivity index (χ0v) is 14.2. The van der Waals surface area contributed by atoms with E-state index < -0.39 is 30.1 Å². The van der Waals surface area contributed by atoms with Crippen LogP contribution in [0.15, 0.2) is 66.9 Å². The lowest BCUT2D eigenvalue weighted by atomic mass is 10.1. The fourth-order valence-electron chi connectivity index (χ4n) is 2.58. The molecule has 0 atom stereocenters. The first-order valence-corrected chi connectivity index (χ1v) is 8.06. The van der Waals surface area contributed by atoms with E-state index in [2.05, 4.69) is 4.98 Å². The van der Waals surface area contributed by atoms with Gasteiger partial charge in [0.25, 0.3) is 0 Å². The summed E-state index contributed by atoms with van der Waals surface area (Å²) in [4.78, 5) is 4.19. The van der Waals surface area contributed by atoms with Crippen molar-refractivity contribution in [2.24, 2.45) is 0 Å². The third kappa shape index (κ3) is 4.62. The molecular weight excluding hydrogens is 384 g/mol. The van der Waals surface area contributed by atoms with E-state index in [0.717, 1.165) is 0 Å². The summed E-state index contributed by atoms with van der Waals surface area (Å²) in [5.74, 6) is 0.250. The minimum Gasteiger partial charge on any atom is -0.487 e. The van der Waals surface area contributed by atoms with Crippen LogP contribution in [0.25, 0.3) is 11.3 Å². The van der Waals surface area contributed by atoms with Crippen LogP contribution < -0.4 is 4.74 Å². The topological polar surface area (TPSA) is 22.1 Å². The molecule has 0 spiro atoms. The molecule has 0 amide bonds. The maximum atomic E-state index is 13.0. The van der Waals surface area contributed by atoms with Crippen molar-refractivity contribution >= 4 is 0 Å². The highest BCUT2D eigenvalue weighted by Gasteiger charge is 2.36. The van der Waals surface area contributed by atoms with Crippen LogP contribution in [-0.2, 0) is 19.0 Å². The number of benzene rings is 2. The summed E-state index contributed by atoms with van der Waals surface area (Å²) in [5.41, 5.74) is -1.86. The maximum Gasteiger partial charge on any atom is 0.416 e. The normalized spacial score (nSPS) is 12.1. The molecule has 1 heterocycles. The fourth-order valence-corrected chi connectivity index (χ4v) is 2.58. The lowest BCUT2D eigenvalue weighted by molar-refractivity contribution is -0.143. The first kappa shape index (κ1) is 19.7. The third-order valence-electron chi connectivity index (χ3n) is 3.86. The highest BCUT2D eigenvalue weighted by molar-refractivity contribution is 5.65. The molecule has 0 aliphatic carbocycles. The van der Waals surface area contributed by atoms with E-state index >= 15 is 0 Å². The van der Waals surface area contributed by atoms with Crippen LogP contribution in [0.3, 0.4) is 0 Å². The molecule has 3 rings (SSSR count). The van der Waals surface area contributed by atoms with Crippen molar-refractivity contribution in [1.82, 2.24) is 4.98 Å². The lowest BCUT2D eigenvalue weighted by Crippen LogP contribution is -2.12. The summed E-state index contributed by atoms with van der Waals surface area (Å²) in [7, 11) is 0. The predicted molar refractivity (Wildman–Crippen MR) is 90.5 cm³/mol. The highest BCUT2D eigenvalue weighted by atomic mass is 19.4. The van der Waals surface area contributed by atoms with Gasteiger partial charge in [0, 0.05) is 11.8 Å². The maximum absolute atomic E-state index is 13.0. The van der Waals surface area contributed by atoms with Crippen molar-refractivity contribution in [1.29, 1.82) is 0 Å². The Morgan fingerprint density at radius 1 is 0.750 bits per heavy atom. The highest BCUT2D eigenvalue weighted by Crippen LogP contribution is 2.37. The van der Waals surface area contributed by atoms with Crippen LogP contribution in [0.2, 0.25) is 0 Å². The Kier molecular flexibility index (Phi) is 5.31. The van der Waals surface area contributed by atoms with Gasteiger partial charge in [-0.15, -0.1) is 0 Å². The molecule has 1 aromatic heterocycles. The molecule has 2 aromatic carbocycles. The number of nitrogens with zero attached hydrogens (tertiary/aromatic N) is 1. The van der Waals surface area contributed by atoms with E-state index in [9.17, 15) is 26.3 Å². The number of halogens is 6. The van der Waals surface area contributed by atoms with Gasteiger partial charge in [-0.3, -0.25) is 4.98 Å². The summed E-state index contributed by atoms with van der Waals surface area (Å²) in [6, 6.07) is 13.4. The molecular formula is C20H13F6NO. The largest absolute Gasteiger partial charge is 0.487 e. The van der Waals surface area contributed by atoms with E-state index in [-0.39, 0.29) is 17.4 Å². The summed E-state index contributed by atoms with van der Waals surface area (Å²) < 4.78 is 83.3. The average Bonchev–Trinajstić information content (AvgIpc) is 2.66. The summed E-state index contributed by atoms with van der Waals surface area (Å²) in [5, 5.41) is 0. The second-order valence-electron chi connectivity index (χ2n) is 5.92. The molecule has 146 valence electrons. The average molecular weight is 397 g/mol. The molecule has 2 nitrogen and oxygen atoms in total. The zero-order valence-electron chi connectivity index (χ0n) is 14.2. The van der Waals surface area contributed by atoms with E-state index in [1.165, 1.54) is 6.20 Å². The van der Waals surface area contributed by atoms with E-state index in [4.69, 9.17) is 4.74 Å². The van der Waals surface area contributed by atoms with Gasteiger partial charge in [-0.25, -0.2) is 0 Å². The zero-order chi connectivity index (χ0) is 20.4. The molecule has 0 radical (unpaired) electrons. The molecule has 3 aromatic rings. The van der Waals surface area contributed by atoms with Crippen LogP contribution in [0.5, 0.6) is 5.75 Å². The fraction of sp³-hybridized carbons (Fsp3) is 0.150. The third-order valence-corrected chi connectivity index (χ3v) is 3.86. The SMILES string of the molecule is FC(F)(F)c1cc(COc2cccnc2-c2ccccc2)cc(C(F)(F)F)c1. The molecule has 0 fully saturated rings. The number of aromatic nitrogens is 1. The van der Waals surface area contributed by atoms with Crippen molar-refractivity contribution in [2.45, 2.75) is 19.0 Å². The van der Waals surface area contributed by atoms with Gasteiger partial charge >= 0.3 is 12.4 Å². The Hall–Kier alpha value is -3.03. The monoisotopic (exact) mass is 397 g/mol. The van der Waals surface area contributed by atoms with Crippen molar-refractivity contribution in [3.8, 4) is 17.0 Å². The molecule has 0 aliphatic heterocycles. The Labute approximate surface area is 156 Å². The molecule has 0 saturated carbocycles. The number of rotatable bonds is 4. The van der Waals surface area contributed by atoms with Gasteiger partial charge in [0.15, 0.2) is 0 Å². The molecule has 0 aliphatic rings. The van der Waals surface area contributed by atoms with Gasteiger partial charge in [0.05, 0.1) is 11.1 Å². The minimum atomic E-state index is -4.90. The van der Waals surface area contributed by atoms with Crippen molar-refractivity contribution in [3.05, 3.63) is 83.6 Å². The molecule has 0 unspecified atom stereocenters. The van der Waals surface area contributed by atoms with E-state index in [1.54, 1.807) is 42.5 Å². The van der Waals surface area contributed by atoms with Crippen LogP contribution in [0.4, 0.5) is 26.3 Å². The number of pyridine rings is 1. The summed E-state index contributed by atoms with van der Waals surface area (Å²) >= 11 is 0. The summed E-state index contributed by atoms with van der Waals surface area (Å²) in [6.07, 6.45) is -8.29. The van der Waals surface area contributed by atoms with Gasteiger partial charge in [-0.1, -0.05) is 30.3 Å². The second-order valence-corrected chi connectivity index (χ2v) is 5.92. The van der Waals surface area contributed by atoms with Crippen molar-refractivity contribution in [2.75, 3.05) is 0 Å². The van der Waals surface area contributed by atoms with Crippen molar-refractivity contribution in [3.63, 3.8) is 0 Å².